The maximum atomic E-state index is 12.7. The molecular weight excluding hydrogens is 270 g/mol. The normalized spacial score (nSPS) is 33.6. The van der Waals surface area contributed by atoms with Crippen molar-refractivity contribution in [2.45, 2.75) is 19.3 Å². The van der Waals surface area contributed by atoms with Crippen molar-refractivity contribution in [1.82, 2.24) is 0 Å². The van der Waals surface area contributed by atoms with Gasteiger partial charge >= 0.3 is 5.97 Å². The van der Waals surface area contributed by atoms with Crippen molar-refractivity contribution in [2.24, 2.45) is 23.7 Å². The van der Waals surface area contributed by atoms with Gasteiger partial charge in [0.25, 0.3) is 0 Å². The van der Waals surface area contributed by atoms with Crippen LogP contribution in [0.1, 0.15) is 29.6 Å². The summed E-state index contributed by atoms with van der Waals surface area (Å²) in [4.78, 5) is 37.8. The number of benzene rings is 1. The van der Waals surface area contributed by atoms with E-state index in [0.29, 0.717) is 11.8 Å². The maximum Gasteiger partial charge on any atom is 0.337 e. The summed E-state index contributed by atoms with van der Waals surface area (Å²) < 4.78 is 0. The Morgan fingerprint density at radius 2 is 1.62 bits per heavy atom. The number of carbonyl (C=O) groups excluding carboxylic acids is 2. The number of hydrogen-bond acceptors (Lipinski definition) is 3. The summed E-state index contributed by atoms with van der Waals surface area (Å²) in [6, 6.07) is 6.23. The molecular formula is C16H15NO4. The second-order valence-electron chi connectivity index (χ2n) is 6.22. The summed E-state index contributed by atoms with van der Waals surface area (Å²) in [7, 11) is 0. The van der Waals surface area contributed by atoms with Gasteiger partial charge in [-0.2, -0.15) is 0 Å². The van der Waals surface area contributed by atoms with E-state index in [4.69, 9.17) is 0 Å². The number of aromatic carboxylic acids is 1. The highest BCUT2D eigenvalue weighted by Gasteiger charge is 2.61. The van der Waals surface area contributed by atoms with Crippen LogP contribution in [-0.4, -0.2) is 22.9 Å². The van der Waals surface area contributed by atoms with Crippen LogP contribution in [0.3, 0.4) is 0 Å². The van der Waals surface area contributed by atoms with Crippen molar-refractivity contribution >= 4 is 23.5 Å². The Balaban J connectivity index is 1.79. The molecule has 2 amide bonds. The second-order valence-corrected chi connectivity index (χ2v) is 6.22. The van der Waals surface area contributed by atoms with Crippen LogP contribution in [0.25, 0.3) is 0 Å². The topological polar surface area (TPSA) is 74.7 Å². The van der Waals surface area contributed by atoms with Gasteiger partial charge in [0.05, 0.1) is 23.1 Å². The monoisotopic (exact) mass is 285 g/mol. The van der Waals surface area contributed by atoms with Gasteiger partial charge in [-0.1, -0.05) is 12.1 Å². The molecule has 2 bridgehead atoms. The van der Waals surface area contributed by atoms with Crippen LogP contribution in [0.15, 0.2) is 24.3 Å². The van der Waals surface area contributed by atoms with E-state index < -0.39 is 5.97 Å². The molecule has 4 atom stereocenters. The Bertz CT molecular complexity index is 640. The Morgan fingerprint density at radius 3 is 2.19 bits per heavy atom. The van der Waals surface area contributed by atoms with Crippen LogP contribution in [0.5, 0.6) is 0 Å². The molecule has 4 rings (SSSR count). The minimum absolute atomic E-state index is 0.00604. The highest BCUT2D eigenvalue weighted by molar-refractivity contribution is 6.24. The van der Waals surface area contributed by atoms with Crippen LogP contribution in [0, 0.1) is 23.7 Å². The van der Waals surface area contributed by atoms with Gasteiger partial charge in [-0.05, 0) is 43.2 Å². The van der Waals surface area contributed by atoms with Gasteiger partial charge < -0.3 is 5.11 Å². The number of carbonyl (C=O) groups is 3. The summed E-state index contributed by atoms with van der Waals surface area (Å²) in [5.41, 5.74) is 0.223. The van der Waals surface area contributed by atoms with Gasteiger partial charge in [-0.25, -0.2) is 9.69 Å². The average Bonchev–Trinajstić information content (AvgIpc) is 3.13. The van der Waals surface area contributed by atoms with E-state index in [1.807, 2.05) is 0 Å². The Morgan fingerprint density at radius 1 is 1.05 bits per heavy atom. The molecule has 1 aliphatic heterocycles. The molecule has 0 unspecified atom stereocenters. The number of amides is 2. The van der Waals surface area contributed by atoms with Crippen molar-refractivity contribution in [3.05, 3.63) is 29.8 Å². The van der Waals surface area contributed by atoms with E-state index in [1.165, 1.54) is 6.07 Å². The number of imide groups is 1. The lowest BCUT2D eigenvalue weighted by Crippen LogP contribution is -2.34. The minimum atomic E-state index is -1.12. The molecule has 1 aromatic carbocycles. The fraction of sp³-hybridized carbons (Fsp3) is 0.438. The molecule has 2 aliphatic carbocycles. The largest absolute Gasteiger partial charge is 0.478 e. The van der Waals surface area contributed by atoms with Crippen molar-refractivity contribution in [3.8, 4) is 0 Å². The number of carboxylic acid groups (broad SMARTS) is 1. The molecule has 5 nitrogen and oxygen atoms in total. The first-order valence-electron chi connectivity index (χ1n) is 7.29. The highest BCUT2D eigenvalue weighted by atomic mass is 16.4. The molecule has 5 heteroatoms. The lowest BCUT2D eigenvalue weighted by Gasteiger charge is -2.19. The summed E-state index contributed by atoms with van der Waals surface area (Å²) in [5, 5.41) is 9.27. The number of carboxylic acids is 1. The van der Waals surface area contributed by atoms with E-state index in [1.54, 1.807) is 18.2 Å². The van der Waals surface area contributed by atoms with Gasteiger partial charge in [0, 0.05) is 0 Å². The molecule has 0 spiro atoms. The first-order chi connectivity index (χ1) is 10.1. The first-order valence-corrected chi connectivity index (χ1v) is 7.29. The smallest absolute Gasteiger partial charge is 0.337 e. The number of hydrogen-bond donors (Lipinski definition) is 1. The van der Waals surface area contributed by atoms with Crippen molar-refractivity contribution < 1.29 is 19.5 Å². The Hall–Kier alpha value is -2.17. The molecule has 2 saturated carbocycles. The first kappa shape index (κ1) is 12.6. The summed E-state index contributed by atoms with van der Waals surface area (Å²) in [6.45, 7) is 0. The molecule has 3 fully saturated rings. The van der Waals surface area contributed by atoms with Crippen molar-refractivity contribution in [1.29, 1.82) is 0 Å². The summed E-state index contributed by atoms with van der Waals surface area (Å²) in [6.07, 6.45) is 3.00. The Labute approximate surface area is 121 Å². The van der Waals surface area contributed by atoms with Crippen LogP contribution < -0.4 is 4.90 Å². The van der Waals surface area contributed by atoms with Crippen molar-refractivity contribution in [3.63, 3.8) is 0 Å². The zero-order chi connectivity index (χ0) is 14.7. The van der Waals surface area contributed by atoms with Gasteiger partial charge in [-0.15, -0.1) is 0 Å². The predicted octanol–water partition coefficient (Wildman–Crippen LogP) is 1.92. The minimum Gasteiger partial charge on any atom is -0.478 e. The third-order valence-electron chi connectivity index (χ3n) is 5.30. The molecule has 21 heavy (non-hydrogen) atoms. The summed E-state index contributed by atoms with van der Waals surface area (Å²) >= 11 is 0. The Kier molecular flexibility index (Phi) is 2.49. The van der Waals surface area contributed by atoms with E-state index in [0.717, 1.165) is 24.2 Å². The average molecular weight is 285 g/mol. The lowest BCUT2D eigenvalue weighted by atomic mass is 9.81. The molecule has 1 saturated heterocycles. The number of anilines is 1. The standard InChI is InChI=1S/C16H15NO4/c18-14-12-8-5-6-9(7-8)13(12)15(19)17(14)11-4-2-1-3-10(11)16(20)21/h1-4,8-9,12-13H,5-7H2,(H,20,21)/t8-,9+,12-,13-/m0/s1. The third-order valence-corrected chi connectivity index (χ3v) is 5.30. The van der Waals surface area contributed by atoms with Gasteiger partial charge in [0.2, 0.25) is 11.8 Å². The number of para-hydroxylation sites is 1. The number of rotatable bonds is 2. The summed E-state index contributed by atoms with van der Waals surface area (Å²) in [5.74, 6) is -1.36. The van der Waals surface area contributed by atoms with Gasteiger partial charge in [0.15, 0.2) is 0 Å². The zero-order valence-electron chi connectivity index (χ0n) is 11.4. The quantitative estimate of drug-likeness (QED) is 0.842. The number of fused-ring (bicyclic) bond motifs is 5. The molecule has 3 aliphatic rings. The van der Waals surface area contributed by atoms with E-state index in [2.05, 4.69) is 0 Å². The van der Waals surface area contributed by atoms with E-state index in [9.17, 15) is 19.5 Å². The molecule has 108 valence electrons. The molecule has 0 radical (unpaired) electrons. The highest BCUT2D eigenvalue weighted by Crippen LogP contribution is 2.56. The number of nitrogens with zero attached hydrogens (tertiary/aromatic N) is 1. The van der Waals surface area contributed by atoms with Crippen molar-refractivity contribution in [2.75, 3.05) is 4.90 Å². The second kappa shape index (κ2) is 4.16. The maximum absolute atomic E-state index is 12.7. The predicted molar refractivity (Wildman–Crippen MR) is 73.7 cm³/mol. The van der Waals surface area contributed by atoms with Crippen LogP contribution in [-0.2, 0) is 9.59 Å². The molecule has 1 aromatic rings. The van der Waals surface area contributed by atoms with E-state index >= 15 is 0 Å². The third kappa shape index (κ3) is 1.54. The van der Waals surface area contributed by atoms with Gasteiger partial charge in [-0.3, -0.25) is 9.59 Å². The molecule has 1 heterocycles. The zero-order valence-corrected chi connectivity index (χ0v) is 11.4. The SMILES string of the molecule is O=C(O)c1ccccc1N1C(=O)[C@H]2[C@@H]3CC[C@@H](C3)[C@@H]2C1=O. The molecule has 1 N–H and O–H groups in total. The fourth-order valence-corrected chi connectivity index (χ4v) is 4.50. The fourth-order valence-electron chi connectivity index (χ4n) is 4.50. The molecule has 0 aromatic heterocycles. The van der Waals surface area contributed by atoms with Crippen LogP contribution in [0.2, 0.25) is 0 Å². The van der Waals surface area contributed by atoms with Crippen LogP contribution >= 0.6 is 0 Å². The van der Waals surface area contributed by atoms with Gasteiger partial charge in [0.1, 0.15) is 0 Å². The van der Waals surface area contributed by atoms with Crippen LogP contribution in [0.4, 0.5) is 5.69 Å². The van der Waals surface area contributed by atoms with E-state index in [-0.39, 0.29) is 34.9 Å². The lowest BCUT2D eigenvalue weighted by molar-refractivity contribution is -0.123.